The monoisotopic (exact) mass is 435 g/mol. The van der Waals surface area contributed by atoms with Crippen LogP contribution >= 0.6 is 24.4 Å². The van der Waals surface area contributed by atoms with E-state index in [0.717, 1.165) is 25.0 Å². The number of rotatable bonds is 16. The molecule has 0 spiro atoms. The molecule has 0 saturated carbocycles. The number of hydrogen-bond donors (Lipinski definition) is 4. The van der Waals surface area contributed by atoms with Crippen LogP contribution in [0.15, 0.2) is 0 Å². The van der Waals surface area contributed by atoms with Crippen molar-refractivity contribution < 1.29 is 23.8 Å². The van der Waals surface area contributed by atoms with E-state index < -0.39 is 0 Å². The summed E-state index contributed by atoms with van der Waals surface area (Å²) in [5, 5.41) is 9.27. The van der Waals surface area contributed by atoms with Gasteiger partial charge in [-0.2, -0.15) is 24.4 Å². The topological polar surface area (TPSA) is 97.9 Å². The molecule has 2 heterocycles. The van der Waals surface area contributed by atoms with Crippen molar-refractivity contribution >= 4 is 36.3 Å². The Hall–Kier alpha value is -0.680. The molecule has 162 valence electrons. The lowest BCUT2D eigenvalue weighted by Gasteiger charge is -2.16. The number of hydrogen-bond acceptors (Lipinski definition) is 7. The molecule has 2 rings (SSSR count). The largest absolute Gasteiger partial charge is 0.378 e. The van der Waals surface area contributed by atoms with Crippen LogP contribution in [0.3, 0.4) is 0 Å². The number of thioether (sulfide) groups is 1. The van der Waals surface area contributed by atoms with E-state index in [1.165, 1.54) is 0 Å². The average Bonchev–Trinajstić information content (AvgIpc) is 3.22. The van der Waals surface area contributed by atoms with Crippen molar-refractivity contribution in [2.24, 2.45) is 0 Å². The molecule has 0 radical (unpaired) electrons. The molecule has 0 aliphatic carbocycles. The van der Waals surface area contributed by atoms with E-state index in [0.29, 0.717) is 63.6 Å². The first-order valence-electron chi connectivity index (χ1n) is 10.00. The highest BCUT2D eigenvalue weighted by atomic mass is 32.2. The van der Waals surface area contributed by atoms with E-state index in [1.807, 2.05) is 11.8 Å². The van der Waals surface area contributed by atoms with Crippen LogP contribution in [0.2, 0.25) is 0 Å². The summed E-state index contributed by atoms with van der Waals surface area (Å²) >= 11 is 5.96. The van der Waals surface area contributed by atoms with Gasteiger partial charge in [-0.15, -0.1) is 0 Å². The molecule has 3 atom stereocenters. The predicted octanol–water partition coefficient (Wildman–Crippen LogP) is 0.808. The van der Waals surface area contributed by atoms with Crippen LogP contribution in [0, 0.1) is 0 Å². The molecule has 2 aliphatic rings. The van der Waals surface area contributed by atoms with Gasteiger partial charge in [-0.25, -0.2) is 4.79 Å². The van der Waals surface area contributed by atoms with Crippen molar-refractivity contribution in [1.29, 1.82) is 0 Å². The van der Waals surface area contributed by atoms with Gasteiger partial charge in [0.15, 0.2) is 0 Å². The second-order valence-electron chi connectivity index (χ2n) is 6.78. The van der Waals surface area contributed by atoms with Crippen molar-refractivity contribution in [3.63, 3.8) is 0 Å². The van der Waals surface area contributed by atoms with E-state index in [4.69, 9.17) is 14.2 Å². The fourth-order valence-electron chi connectivity index (χ4n) is 3.23. The van der Waals surface area contributed by atoms with Gasteiger partial charge in [0, 0.05) is 29.7 Å². The van der Waals surface area contributed by atoms with Gasteiger partial charge in [-0.05, 0) is 12.8 Å². The van der Waals surface area contributed by atoms with Gasteiger partial charge in [-0.3, -0.25) is 4.79 Å². The first kappa shape index (κ1) is 23.6. The summed E-state index contributed by atoms with van der Waals surface area (Å²) in [6.07, 6.45) is 3.43. The van der Waals surface area contributed by atoms with E-state index in [2.05, 4.69) is 28.6 Å². The molecular weight excluding hydrogens is 402 g/mol. The van der Waals surface area contributed by atoms with Gasteiger partial charge >= 0.3 is 6.03 Å². The molecule has 8 nitrogen and oxygen atoms in total. The zero-order valence-electron chi connectivity index (χ0n) is 16.3. The highest BCUT2D eigenvalue weighted by Crippen LogP contribution is 2.33. The molecule has 0 aromatic rings. The number of unbranched alkanes of at least 4 members (excludes halogenated alkanes) is 1. The molecule has 0 aromatic heterocycles. The maximum absolute atomic E-state index is 11.8. The standard InChI is InChI=1S/C18H33N3O5S2/c22-16(19-5-6-24-7-8-25-9-10-26-11-12-27)4-2-1-3-15-17-14(13-28-15)20-18(23)21-17/h14-15,17,27H,1-13H2,(H,19,22)(H2,20,21,23)/t14-,15?,17-/m1/s1. The van der Waals surface area contributed by atoms with Gasteiger partial charge in [0.2, 0.25) is 5.91 Å². The summed E-state index contributed by atoms with van der Waals surface area (Å²) in [5.74, 6) is 1.75. The van der Waals surface area contributed by atoms with Crippen molar-refractivity contribution in [3.05, 3.63) is 0 Å². The highest BCUT2D eigenvalue weighted by Gasteiger charge is 2.42. The second-order valence-corrected chi connectivity index (χ2v) is 8.50. The van der Waals surface area contributed by atoms with Crippen molar-refractivity contribution in [2.45, 2.75) is 43.0 Å². The van der Waals surface area contributed by atoms with Crippen LogP contribution in [-0.2, 0) is 19.0 Å². The van der Waals surface area contributed by atoms with Crippen LogP contribution < -0.4 is 16.0 Å². The molecule has 0 bridgehead atoms. The van der Waals surface area contributed by atoms with Crippen LogP contribution in [0.5, 0.6) is 0 Å². The normalized spacial score (nSPS) is 23.3. The molecular formula is C18H33N3O5S2. The lowest BCUT2D eigenvalue weighted by molar-refractivity contribution is -0.121. The molecule has 2 saturated heterocycles. The Labute approximate surface area is 177 Å². The van der Waals surface area contributed by atoms with E-state index in [1.54, 1.807) is 0 Å². The quantitative estimate of drug-likeness (QED) is 0.163. The number of carbonyl (C=O) groups excluding carboxylic acids is 2. The number of carbonyl (C=O) groups is 2. The van der Waals surface area contributed by atoms with Gasteiger partial charge in [-0.1, -0.05) is 6.42 Å². The fourth-order valence-corrected chi connectivity index (χ4v) is 4.90. The second kappa shape index (κ2) is 14.3. The van der Waals surface area contributed by atoms with Gasteiger partial charge in [0.05, 0.1) is 51.7 Å². The maximum Gasteiger partial charge on any atom is 0.315 e. The minimum Gasteiger partial charge on any atom is -0.378 e. The number of fused-ring (bicyclic) bond motifs is 1. The average molecular weight is 436 g/mol. The number of nitrogens with one attached hydrogen (secondary N) is 3. The molecule has 2 aliphatic heterocycles. The van der Waals surface area contributed by atoms with E-state index in [-0.39, 0.29) is 24.0 Å². The summed E-state index contributed by atoms with van der Waals surface area (Å²) in [4.78, 5) is 23.2. The SMILES string of the molecule is O=C(CCCCC1SC[C@H]2NC(=O)N[C@@H]12)NCCOCCOCCOCCS. The van der Waals surface area contributed by atoms with Crippen molar-refractivity contribution in [1.82, 2.24) is 16.0 Å². The van der Waals surface area contributed by atoms with Crippen LogP contribution in [0.4, 0.5) is 4.79 Å². The molecule has 1 unspecified atom stereocenters. The maximum atomic E-state index is 11.8. The van der Waals surface area contributed by atoms with Gasteiger partial charge in [0.25, 0.3) is 0 Å². The first-order valence-corrected chi connectivity index (χ1v) is 11.7. The number of thiol groups is 1. The zero-order valence-corrected chi connectivity index (χ0v) is 18.0. The smallest absolute Gasteiger partial charge is 0.315 e. The molecule has 28 heavy (non-hydrogen) atoms. The molecule has 3 amide bonds. The van der Waals surface area contributed by atoms with Crippen LogP contribution in [0.1, 0.15) is 25.7 Å². The number of ether oxygens (including phenoxy) is 3. The lowest BCUT2D eigenvalue weighted by atomic mass is 10.0. The van der Waals surface area contributed by atoms with Crippen LogP contribution in [-0.4, -0.2) is 87.0 Å². The Morgan fingerprint density at radius 3 is 2.54 bits per heavy atom. The Morgan fingerprint density at radius 2 is 1.79 bits per heavy atom. The summed E-state index contributed by atoms with van der Waals surface area (Å²) in [5.41, 5.74) is 0. The van der Waals surface area contributed by atoms with Crippen molar-refractivity contribution in [3.8, 4) is 0 Å². The molecule has 0 aromatic carbocycles. The molecule has 2 fully saturated rings. The van der Waals surface area contributed by atoms with E-state index in [9.17, 15) is 9.59 Å². The Bertz CT molecular complexity index is 473. The third-order valence-electron chi connectivity index (χ3n) is 4.63. The third-order valence-corrected chi connectivity index (χ3v) is 6.32. The Morgan fingerprint density at radius 1 is 1.07 bits per heavy atom. The minimum atomic E-state index is -0.0493. The lowest BCUT2D eigenvalue weighted by Crippen LogP contribution is -2.36. The summed E-state index contributed by atoms with van der Waals surface area (Å²) < 4.78 is 16.0. The van der Waals surface area contributed by atoms with Gasteiger partial charge in [0.1, 0.15) is 0 Å². The minimum absolute atomic E-state index is 0.0493. The summed E-state index contributed by atoms with van der Waals surface area (Å²) in [7, 11) is 0. The third kappa shape index (κ3) is 9.21. The fraction of sp³-hybridized carbons (Fsp3) is 0.889. The zero-order chi connectivity index (χ0) is 20.0. The molecule has 10 heteroatoms. The molecule has 3 N–H and O–H groups in total. The Kier molecular flexibility index (Phi) is 12.1. The van der Waals surface area contributed by atoms with E-state index >= 15 is 0 Å². The highest BCUT2D eigenvalue weighted by molar-refractivity contribution is 8.00. The predicted molar refractivity (Wildman–Crippen MR) is 113 cm³/mol. The van der Waals surface area contributed by atoms with Crippen molar-refractivity contribution in [2.75, 3.05) is 57.7 Å². The Balaban J connectivity index is 1.34. The summed E-state index contributed by atoms with van der Waals surface area (Å²) in [6, 6.07) is 0.461. The number of urea groups is 1. The first-order chi connectivity index (χ1) is 13.7. The van der Waals surface area contributed by atoms with Crippen LogP contribution in [0.25, 0.3) is 0 Å². The number of amides is 3. The van der Waals surface area contributed by atoms with Gasteiger partial charge < -0.3 is 30.2 Å². The summed E-state index contributed by atoms with van der Waals surface area (Å²) in [6.45, 7) is 3.80.